The number of halogens is 2. The summed E-state index contributed by atoms with van der Waals surface area (Å²) < 4.78 is 0. The van der Waals surface area contributed by atoms with Gasteiger partial charge in [0.1, 0.15) is 0 Å². The number of fused-ring (bicyclic) bond motifs is 3. The first kappa shape index (κ1) is 24.2. The second kappa shape index (κ2) is 14.8. The van der Waals surface area contributed by atoms with Crippen LogP contribution in [0.2, 0.25) is 0 Å². The van der Waals surface area contributed by atoms with Crippen LogP contribution in [-0.4, -0.2) is 98.6 Å². The Balaban J connectivity index is 0.000000817. The molecule has 27 heavy (non-hydrogen) atoms. The predicted octanol–water partition coefficient (Wildman–Crippen LogP) is 3.59. The molecule has 3 aliphatic rings. The van der Waals surface area contributed by atoms with Crippen molar-refractivity contribution in [2.24, 2.45) is 5.92 Å². The fourth-order valence-electron chi connectivity index (χ4n) is 4.77. The number of likely N-dealkylation sites (N-methyl/N-ethyl adjacent to an activating group) is 1. The van der Waals surface area contributed by atoms with Crippen LogP contribution in [0.1, 0.15) is 44.9 Å². The summed E-state index contributed by atoms with van der Waals surface area (Å²) in [6.07, 6.45) is 10.1. The average Bonchev–Trinajstić information content (AvgIpc) is 2.68. The van der Waals surface area contributed by atoms with Crippen molar-refractivity contribution < 1.29 is 13.1 Å². The topological polar surface area (TPSA) is 13.0 Å². The quantitative estimate of drug-likeness (QED) is 0.582. The van der Waals surface area contributed by atoms with Crippen LogP contribution in [0.25, 0.3) is 0 Å². The van der Waals surface area contributed by atoms with Crippen LogP contribution >= 0.6 is 20.2 Å². The summed E-state index contributed by atoms with van der Waals surface area (Å²) in [5, 5.41) is 0. The van der Waals surface area contributed by atoms with E-state index in [1.54, 1.807) is 0 Å². The van der Waals surface area contributed by atoms with Gasteiger partial charge >= 0.3 is 33.3 Å². The number of rotatable bonds is 2. The minimum atomic E-state index is 0.00694. The Hall–Kier alpha value is 0.939. The molecule has 0 N–H and O–H groups in total. The summed E-state index contributed by atoms with van der Waals surface area (Å²) in [7, 11) is 11.9. The normalized spacial score (nSPS) is 30.3. The molecule has 2 atom stereocenters. The minimum absolute atomic E-state index is 0.00694. The number of nitrogens with zero attached hydrogens (tertiary/aromatic N) is 4. The molecule has 3 rings (SSSR count). The Morgan fingerprint density at radius 3 is 1.89 bits per heavy atom. The molecule has 3 fully saturated rings. The zero-order chi connectivity index (χ0) is 19.3. The molecule has 2 unspecified atom stereocenters. The molecule has 0 radical (unpaired) electrons. The molecular weight excluding hydrogens is 422 g/mol. The first-order valence-electron chi connectivity index (χ1n) is 10.9. The molecule has 0 aromatic heterocycles. The van der Waals surface area contributed by atoms with Crippen LogP contribution in [-0.2, 0) is 13.1 Å². The molecule has 2 aliphatic heterocycles. The van der Waals surface area contributed by atoms with E-state index in [9.17, 15) is 0 Å². The third-order valence-electron chi connectivity index (χ3n) is 6.47. The van der Waals surface area contributed by atoms with Gasteiger partial charge in [-0.05, 0) is 64.8 Å². The van der Waals surface area contributed by atoms with Crippen molar-refractivity contribution in [2.75, 3.05) is 79.0 Å². The van der Waals surface area contributed by atoms with Gasteiger partial charge in [-0.15, -0.1) is 0 Å². The zero-order valence-electron chi connectivity index (χ0n) is 17.2. The van der Waals surface area contributed by atoms with Crippen molar-refractivity contribution >= 4 is 20.2 Å². The summed E-state index contributed by atoms with van der Waals surface area (Å²) in [6, 6.07) is 0. The van der Waals surface area contributed by atoms with E-state index in [4.69, 9.17) is 20.2 Å². The van der Waals surface area contributed by atoms with Gasteiger partial charge in [0.05, 0.1) is 0 Å². The fraction of sp³-hybridized carbons (Fsp3) is 1.00. The monoisotopic (exact) mass is 461 g/mol. The van der Waals surface area contributed by atoms with Gasteiger partial charge in [0, 0.05) is 45.8 Å². The van der Waals surface area contributed by atoms with Crippen molar-refractivity contribution in [3.05, 3.63) is 0 Å². The third kappa shape index (κ3) is 10.5. The van der Waals surface area contributed by atoms with Gasteiger partial charge in [0.2, 0.25) is 0 Å². The number of hydrogen-bond acceptors (Lipinski definition) is 4. The second-order valence-corrected chi connectivity index (χ2v) is 10.5. The summed E-state index contributed by atoms with van der Waals surface area (Å²) >= 11 is 0.00694. The summed E-state index contributed by atoms with van der Waals surface area (Å²) in [4.78, 5) is 10.8. The maximum absolute atomic E-state index is 4.80. The van der Waals surface area contributed by atoms with E-state index >= 15 is 0 Å². The molecule has 2 bridgehead atoms. The van der Waals surface area contributed by atoms with E-state index in [2.05, 4.69) is 26.6 Å². The van der Waals surface area contributed by atoms with Crippen molar-refractivity contribution in [1.82, 2.24) is 19.6 Å². The Kier molecular flexibility index (Phi) is 13.3. The molecule has 2 saturated heterocycles. The molecule has 2 heterocycles. The van der Waals surface area contributed by atoms with Gasteiger partial charge < -0.3 is 19.6 Å². The van der Waals surface area contributed by atoms with Crippen molar-refractivity contribution in [2.45, 2.75) is 44.9 Å². The number of hydrogen-bond donors (Lipinski definition) is 0. The molecule has 161 valence electrons. The van der Waals surface area contributed by atoms with Gasteiger partial charge in [-0.2, -0.15) is 0 Å². The maximum atomic E-state index is 4.80. The van der Waals surface area contributed by atoms with E-state index in [1.807, 2.05) is 0 Å². The van der Waals surface area contributed by atoms with Crippen molar-refractivity contribution in [3.8, 4) is 0 Å². The molecular formula is C20H40Cl2MnN4. The fourth-order valence-corrected chi connectivity index (χ4v) is 4.77. The van der Waals surface area contributed by atoms with Crippen LogP contribution in [0.4, 0.5) is 0 Å². The van der Waals surface area contributed by atoms with Crippen molar-refractivity contribution in [1.29, 1.82) is 0 Å². The zero-order valence-corrected chi connectivity index (χ0v) is 19.9. The van der Waals surface area contributed by atoms with Gasteiger partial charge in [-0.1, -0.05) is 19.3 Å². The molecule has 0 aromatic carbocycles. The van der Waals surface area contributed by atoms with Crippen LogP contribution < -0.4 is 0 Å². The Morgan fingerprint density at radius 2 is 1.22 bits per heavy atom. The van der Waals surface area contributed by atoms with E-state index < -0.39 is 0 Å². The Bertz CT molecular complexity index is 372. The third-order valence-corrected chi connectivity index (χ3v) is 6.47. The molecule has 7 heteroatoms. The van der Waals surface area contributed by atoms with Gasteiger partial charge in [0.25, 0.3) is 0 Å². The van der Waals surface area contributed by atoms with Crippen LogP contribution in [0.3, 0.4) is 0 Å². The van der Waals surface area contributed by atoms with E-state index in [0.29, 0.717) is 0 Å². The van der Waals surface area contributed by atoms with Crippen LogP contribution in [0.15, 0.2) is 0 Å². The van der Waals surface area contributed by atoms with Gasteiger partial charge in [-0.3, -0.25) is 0 Å². The molecule has 1 aliphatic carbocycles. The van der Waals surface area contributed by atoms with Gasteiger partial charge in [0.15, 0.2) is 0 Å². The van der Waals surface area contributed by atoms with E-state index in [1.165, 1.54) is 117 Å². The summed E-state index contributed by atoms with van der Waals surface area (Å²) in [5.74, 6) is 0.985. The SMILES string of the molecule is CN1CCCN2CCN(CCCN(CC3CCCCC3)CC2)CC1.[Cl][Mn][Cl]. The van der Waals surface area contributed by atoms with Crippen LogP contribution in [0.5, 0.6) is 0 Å². The van der Waals surface area contributed by atoms with E-state index in [0.717, 1.165) is 5.92 Å². The summed E-state index contributed by atoms with van der Waals surface area (Å²) in [5.41, 5.74) is 0. The summed E-state index contributed by atoms with van der Waals surface area (Å²) in [6.45, 7) is 14.2. The predicted molar refractivity (Wildman–Crippen MR) is 114 cm³/mol. The van der Waals surface area contributed by atoms with Crippen LogP contribution in [0, 0.1) is 5.92 Å². The molecule has 1 saturated carbocycles. The molecule has 0 amide bonds. The standard InChI is InChI=1S/C20H40N4.2ClH.Mn/c1-21-9-5-10-23-16-15-22(14-13-21)11-6-12-24(18-17-23)19-20-7-3-2-4-8-20;;;/h20H,2-19H2,1H3;2*1H;/q;;;+2/p-2. The Labute approximate surface area is 182 Å². The molecule has 0 spiro atoms. The Morgan fingerprint density at radius 1 is 0.667 bits per heavy atom. The first-order chi connectivity index (χ1) is 13.2. The van der Waals surface area contributed by atoms with Crippen molar-refractivity contribution in [3.63, 3.8) is 0 Å². The molecule has 4 nitrogen and oxygen atoms in total. The molecule has 0 aromatic rings. The second-order valence-electron chi connectivity index (χ2n) is 8.55. The first-order valence-corrected chi connectivity index (χ1v) is 14.2. The van der Waals surface area contributed by atoms with E-state index in [-0.39, 0.29) is 13.1 Å². The average molecular weight is 462 g/mol. The van der Waals surface area contributed by atoms with Gasteiger partial charge in [-0.25, -0.2) is 0 Å².